The predicted octanol–water partition coefficient (Wildman–Crippen LogP) is 1.05. The lowest BCUT2D eigenvalue weighted by molar-refractivity contribution is -0.902. The Labute approximate surface area is 119 Å². The summed E-state index contributed by atoms with van der Waals surface area (Å²) in [5.41, 5.74) is 1.37. The predicted molar refractivity (Wildman–Crippen MR) is 80.2 cm³/mol. The second kappa shape index (κ2) is 6.30. The van der Waals surface area contributed by atoms with E-state index in [1.54, 1.807) is 17.9 Å². The van der Waals surface area contributed by atoms with Crippen molar-refractivity contribution in [3.05, 3.63) is 29.6 Å². The van der Waals surface area contributed by atoms with Gasteiger partial charge < -0.3 is 15.1 Å². The molecule has 0 radical (unpaired) electrons. The Morgan fingerprint density at radius 1 is 1.42 bits per heavy atom. The minimum absolute atomic E-state index is 0.201. The van der Waals surface area contributed by atoms with Crippen molar-refractivity contribution in [3.63, 3.8) is 0 Å². The van der Waals surface area contributed by atoms with E-state index in [4.69, 9.17) is 12.2 Å². The number of halogens is 1. The molecule has 0 atom stereocenters. The van der Waals surface area contributed by atoms with E-state index in [0.29, 0.717) is 10.7 Å². The largest absolute Gasteiger partial charge is 0.338 e. The van der Waals surface area contributed by atoms with Crippen molar-refractivity contribution >= 4 is 23.0 Å². The first-order valence-corrected chi connectivity index (χ1v) is 7.16. The number of aryl methyl sites for hydroxylation is 1. The molecule has 1 aromatic carbocycles. The molecule has 5 heteroatoms. The lowest BCUT2D eigenvalue weighted by Crippen LogP contribution is -3.14. The van der Waals surface area contributed by atoms with Gasteiger partial charge in [-0.1, -0.05) is 6.07 Å². The van der Waals surface area contributed by atoms with Gasteiger partial charge in [-0.3, -0.25) is 0 Å². The van der Waals surface area contributed by atoms with Gasteiger partial charge >= 0.3 is 0 Å². The molecule has 0 spiro atoms. The molecule has 3 nitrogen and oxygen atoms in total. The van der Waals surface area contributed by atoms with Crippen LogP contribution in [0.1, 0.15) is 12.5 Å². The summed E-state index contributed by atoms with van der Waals surface area (Å²) in [5.74, 6) is -0.201. The molecule has 2 rings (SSSR count). The quantitative estimate of drug-likeness (QED) is 0.791. The maximum atomic E-state index is 13.5. The van der Waals surface area contributed by atoms with E-state index in [9.17, 15) is 4.39 Å². The number of likely N-dealkylation sites (N-methyl/N-ethyl adjacent to an activating group) is 1. The van der Waals surface area contributed by atoms with Crippen molar-refractivity contribution in [2.24, 2.45) is 0 Å². The van der Waals surface area contributed by atoms with Crippen LogP contribution < -0.4 is 10.2 Å². The second-order valence-corrected chi connectivity index (χ2v) is 5.37. The molecule has 1 aromatic rings. The molecule has 0 aliphatic carbocycles. The first-order chi connectivity index (χ1) is 9.10. The van der Waals surface area contributed by atoms with Gasteiger partial charge in [0.25, 0.3) is 0 Å². The summed E-state index contributed by atoms with van der Waals surface area (Å²) < 4.78 is 13.5. The number of piperazine rings is 1. The Hall–Kier alpha value is -1.20. The van der Waals surface area contributed by atoms with Crippen LogP contribution in [0.4, 0.5) is 10.1 Å². The van der Waals surface area contributed by atoms with E-state index >= 15 is 0 Å². The van der Waals surface area contributed by atoms with Crippen molar-refractivity contribution in [1.29, 1.82) is 0 Å². The van der Waals surface area contributed by atoms with Gasteiger partial charge in [-0.15, -0.1) is 0 Å². The maximum Gasteiger partial charge on any atom is 0.173 e. The SMILES string of the molecule is CC[NH+]1CCN(C(=S)Nc2ccc(C)c(F)c2)CC1. The highest BCUT2D eigenvalue weighted by molar-refractivity contribution is 7.80. The summed E-state index contributed by atoms with van der Waals surface area (Å²) in [4.78, 5) is 3.77. The fraction of sp³-hybridized carbons (Fsp3) is 0.500. The molecular weight excluding hydrogens is 261 g/mol. The topological polar surface area (TPSA) is 19.7 Å². The number of quaternary nitrogens is 1. The molecule has 0 bridgehead atoms. The van der Waals surface area contributed by atoms with E-state index in [1.807, 2.05) is 6.07 Å². The van der Waals surface area contributed by atoms with Gasteiger partial charge in [0, 0.05) is 5.69 Å². The van der Waals surface area contributed by atoms with Gasteiger partial charge in [0.05, 0.1) is 32.7 Å². The van der Waals surface area contributed by atoms with Crippen LogP contribution in [0.2, 0.25) is 0 Å². The Morgan fingerprint density at radius 3 is 2.68 bits per heavy atom. The number of hydrogen-bond acceptors (Lipinski definition) is 1. The summed E-state index contributed by atoms with van der Waals surface area (Å²) >= 11 is 5.39. The van der Waals surface area contributed by atoms with E-state index < -0.39 is 0 Å². The van der Waals surface area contributed by atoms with Gasteiger partial charge in [0.15, 0.2) is 5.11 Å². The van der Waals surface area contributed by atoms with E-state index in [1.165, 1.54) is 6.07 Å². The van der Waals surface area contributed by atoms with Crippen LogP contribution in [-0.4, -0.2) is 42.7 Å². The Balaban J connectivity index is 1.92. The standard InChI is InChI=1S/C14H20FN3S/c1-3-17-6-8-18(9-7-17)14(19)16-12-5-4-11(2)13(15)10-12/h4-5,10H,3,6-9H2,1-2H3,(H,16,19)/p+1. The molecule has 0 unspecified atom stereocenters. The summed E-state index contributed by atoms with van der Waals surface area (Å²) in [6.07, 6.45) is 0. The van der Waals surface area contributed by atoms with E-state index in [-0.39, 0.29) is 5.82 Å². The third-order valence-electron chi connectivity index (χ3n) is 3.68. The molecule has 1 aliphatic heterocycles. The van der Waals surface area contributed by atoms with Gasteiger partial charge in [0.1, 0.15) is 5.82 Å². The zero-order valence-electron chi connectivity index (χ0n) is 11.5. The molecule has 0 amide bonds. The van der Waals surface area contributed by atoms with Gasteiger partial charge in [0.2, 0.25) is 0 Å². The number of rotatable bonds is 2. The highest BCUT2D eigenvalue weighted by Crippen LogP contribution is 2.14. The van der Waals surface area contributed by atoms with Crippen LogP contribution >= 0.6 is 12.2 Å². The number of nitrogens with one attached hydrogen (secondary N) is 2. The summed E-state index contributed by atoms with van der Waals surface area (Å²) in [5, 5.41) is 3.81. The Bertz CT molecular complexity index is 456. The Kier molecular flexibility index (Phi) is 4.71. The van der Waals surface area contributed by atoms with Crippen molar-refractivity contribution in [1.82, 2.24) is 4.90 Å². The van der Waals surface area contributed by atoms with Crippen LogP contribution in [0.3, 0.4) is 0 Å². The van der Waals surface area contributed by atoms with Crippen LogP contribution in [0.15, 0.2) is 18.2 Å². The van der Waals surface area contributed by atoms with E-state index in [0.717, 1.165) is 38.4 Å². The molecular formula is C14H21FN3S+. The lowest BCUT2D eigenvalue weighted by atomic mass is 10.2. The number of anilines is 1. The van der Waals surface area contributed by atoms with E-state index in [2.05, 4.69) is 17.1 Å². The summed E-state index contributed by atoms with van der Waals surface area (Å²) in [6.45, 7) is 9.27. The minimum atomic E-state index is -0.201. The molecule has 1 aliphatic rings. The minimum Gasteiger partial charge on any atom is -0.338 e. The Morgan fingerprint density at radius 2 is 2.11 bits per heavy atom. The van der Waals surface area contributed by atoms with Crippen LogP contribution in [0.5, 0.6) is 0 Å². The average Bonchev–Trinajstić information content (AvgIpc) is 2.43. The molecule has 1 saturated heterocycles. The van der Waals surface area contributed by atoms with Crippen molar-refractivity contribution in [2.45, 2.75) is 13.8 Å². The fourth-order valence-electron chi connectivity index (χ4n) is 2.25. The van der Waals surface area contributed by atoms with Crippen molar-refractivity contribution in [2.75, 3.05) is 38.0 Å². The van der Waals surface area contributed by atoms with Crippen LogP contribution in [0, 0.1) is 12.7 Å². The van der Waals surface area contributed by atoms with Crippen molar-refractivity contribution in [3.8, 4) is 0 Å². The molecule has 19 heavy (non-hydrogen) atoms. The van der Waals surface area contributed by atoms with Gasteiger partial charge in [-0.2, -0.15) is 0 Å². The van der Waals surface area contributed by atoms with Gasteiger partial charge in [-0.25, -0.2) is 4.39 Å². The number of hydrogen-bond donors (Lipinski definition) is 2. The molecule has 0 saturated carbocycles. The number of nitrogens with zero attached hydrogens (tertiary/aromatic N) is 1. The second-order valence-electron chi connectivity index (χ2n) is 4.98. The first-order valence-electron chi connectivity index (χ1n) is 6.75. The van der Waals surface area contributed by atoms with Gasteiger partial charge in [-0.05, 0) is 43.8 Å². The third kappa shape index (κ3) is 3.64. The summed E-state index contributed by atoms with van der Waals surface area (Å²) in [6, 6.07) is 5.12. The highest BCUT2D eigenvalue weighted by atomic mass is 32.1. The lowest BCUT2D eigenvalue weighted by Gasteiger charge is -2.33. The third-order valence-corrected chi connectivity index (χ3v) is 4.04. The monoisotopic (exact) mass is 282 g/mol. The average molecular weight is 282 g/mol. The molecule has 1 fully saturated rings. The molecule has 104 valence electrons. The smallest absolute Gasteiger partial charge is 0.173 e. The molecule has 2 N–H and O–H groups in total. The number of benzene rings is 1. The van der Waals surface area contributed by atoms with Crippen LogP contribution in [-0.2, 0) is 0 Å². The molecule has 0 aromatic heterocycles. The number of thiocarbonyl (C=S) groups is 1. The molecule has 1 heterocycles. The zero-order chi connectivity index (χ0) is 13.8. The summed E-state index contributed by atoms with van der Waals surface area (Å²) in [7, 11) is 0. The maximum absolute atomic E-state index is 13.5. The van der Waals surface area contributed by atoms with Crippen LogP contribution in [0.25, 0.3) is 0 Å². The normalized spacial score (nSPS) is 16.5. The highest BCUT2D eigenvalue weighted by Gasteiger charge is 2.20. The van der Waals surface area contributed by atoms with Crippen molar-refractivity contribution < 1.29 is 9.29 Å². The zero-order valence-corrected chi connectivity index (χ0v) is 12.3. The fourth-order valence-corrected chi connectivity index (χ4v) is 2.55. The first kappa shape index (κ1) is 14.2.